The fourth-order valence-corrected chi connectivity index (χ4v) is 4.51. The SMILES string of the molecule is CCN(CC)S(=O)(=O)c1ccc(NC(=O)[C@@H]2CCCN(C)C2)cc1. The van der Waals surface area contributed by atoms with E-state index in [-0.39, 0.29) is 16.7 Å². The number of hydrogen-bond donors (Lipinski definition) is 1. The molecule has 1 fully saturated rings. The van der Waals surface area contributed by atoms with Crippen LogP contribution in [0.25, 0.3) is 0 Å². The van der Waals surface area contributed by atoms with E-state index in [1.54, 1.807) is 24.3 Å². The fourth-order valence-electron chi connectivity index (χ4n) is 3.05. The molecule has 1 amide bonds. The van der Waals surface area contributed by atoms with E-state index in [9.17, 15) is 13.2 Å². The summed E-state index contributed by atoms with van der Waals surface area (Å²) >= 11 is 0. The van der Waals surface area contributed by atoms with Gasteiger partial charge in [-0.2, -0.15) is 4.31 Å². The van der Waals surface area contributed by atoms with Gasteiger partial charge in [0.15, 0.2) is 0 Å². The van der Waals surface area contributed by atoms with Crippen LogP contribution in [0.2, 0.25) is 0 Å². The third-order valence-corrected chi connectivity index (χ3v) is 6.52. The number of sulfonamides is 1. The van der Waals surface area contributed by atoms with E-state index in [1.807, 2.05) is 20.9 Å². The van der Waals surface area contributed by atoms with Crippen molar-refractivity contribution in [2.24, 2.45) is 5.92 Å². The third-order valence-electron chi connectivity index (χ3n) is 4.46. The molecule has 1 N–H and O–H groups in total. The third kappa shape index (κ3) is 4.34. The first kappa shape index (κ1) is 18.9. The van der Waals surface area contributed by atoms with Gasteiger partial charge in [-0.25, -0.2) is 8.42 Å². The Morgan fingerprint density at radius 1 is 1.25 bits per heavy atom. The van der Waals surface area contributed by atoms with Crippen molar-refractivity contribution in [2.45, 2.75) is 31.6 Å². The average molecular weight is 353 g/mol. The Morgan fingerprint density at radius 2 is 1.88 bits per heavy atom. The molecule has 7 heteroatoms. The van der Waals surface area contributed by atoms with E-state index < -0.39 is 10.0 Å². The Morgan fingerprint density at radius 3 is 2.42 bits per heavy atom. The number of rotatable bonds is 6. The molecule has 0 radical (unpaired) electrons. The summed E-state index contributed by atoms with van der Waals surface area (Å²) in [6.45, 7) is 6.30. The maximum absolute atomic E-state index is 12.4. The summed E-state index contributed by atoms with van der Waals surface area (Å²) in [6.07, 6.45) is 1.92. The van der Waals surface area contributed by atoms with Crippen molar-refractivity contribution in [1.82, 2.24) is 9.21 Å². The van der Waals surface area contributed by atoms with Crippen molar-refractivity contribution < 1.29 is 13.2 Å². The highest BCUT2D eigenvalue weighted by Crippen LogP contribution is 2.20. The summed E-state index contributed by atoms with van der Waals surface area (Å²) in [4.78, 5) is 14.7. The van der Waals surface area contributed by atoms with Gasteiger partial charge < -0.3 is 10.2 Å². The molecule has 24 heavy (non-hydrogen) atoms. The topological polar surface area (TPSA) is 69.7 Å². The zero-order valence-corrected chi connectivity index (χ0v) is 15.5. The minimum atomic E-state index is -3.46. The molecule has 134 valence electrons. The van der Waals surface area contributed by atoms with Gasteiger partial charge in [0.1, 0.15) is 0 Å². The molecular formula is C17H27N3O3S. The molecule has 6 nitrogen and oxygen atoms in total. The lowest BCUT2D eigenvalue weighted by Crippen LogP contribution is -2.38. The lowest BCUT2D eigenvalue weighted by Gasteiger charge is -2.28. The maximum Gasteiger partial charge on any atom is 0.243 e. The fraction of sp³-hybridized carbons (Fsp3) is 0.588. The summed E-state index contributed by atoms with van der Waals surface area (Å²) in [5.74, 6) is -0.0104. The molecule has 1 saturated heterocycles. The van der Waals surface area contributed by atoms with Crippen LogP contribution < -0.4 is 5.32 Å². The molecule has 1 aliphatic heterocycles. The van der Waals surface area contributed by atoms with Gasteiger partial charge in [0.25, 0.3) is 0 Å². The Bertz CT molecular complexity index is 654. The highest BCUT2D eigenvalue weighted by atomic mass is 32.2. The molecule has 0 spiro atoms. The van der Waals surface area contributed by atoms with E-state index in [1.165, 1.54) is 4.31 Å². The Hall–Kier alpha value is -1.44. The predicted octanol–water partition coefficient (Wildman–Crippen LogP) is 2.00. The van der Waals surface area contributed by atoms with Gasteiger partial charge in [0.05, 0.1) is 10.8 Å². The number of anilines is 1. The number of hydrogen-bond acceptors (Lipinski definition) is 4. The first-order chi connectivity index (χ1) is 11.4. The maximum atomic E-state index is 12.4. The Kier molecular flexibility index (Phi) is 6.37. The first-order valence-electron chi connectivity index (χ1n) is 8.48. The standard InChI is InChI=1S/C17H27N3O3S/c1-4-20(5-2)24(22,23)16-10-8-15(9-11-16)18-17(21)14-7-6-12-19(3)13-14/h8-11,14H,4-7,12-13H2,1-3H3,(H,18,21)/t14-/m1/s1. The molecule has 1 aromatic carbocycles. The van der Waals surface area contributed by atoms with Crippen LogP contribution in [0.5, 0.6) is 0 Å². The summed E-state index contributed by atoms with van der Waals surface area (Å²) in [5, 5.41) is 2.89. The number of likely N-dealkylation sites (tertiary alicyclic amines) is 1. The summed E-state index contributed by atoms with van der Waals surface area (Å²) in [6, 6.07) is 6.41. The molecule has 0 aromatic heterocycles. The van der Waals surface area contributed by atoms with Crippen molar-refractivity contribution >= 4 is 21.6 Å². The van der Waals surface area contributed by atoms with Crippen LogP contribution in [0.4, 0.5) is 5.69 Å². The minimum Gasteiger partial charge on any atom is -0.326 e. The minimum absolute atomic E-state index is 0.000833. The van der Waals surface area contributed by atoms with E-state index in [0.29, 0.717) is 18.8 Å². The number of carbonyl (C=O) groups is 1. The molecular weight excluding hydrogens is 326 g/mol. The number of amides is 1. The quantitative estimate of drug-likeness (QED) is 0.849. The second kappa shape index (κ2) is 8.09. The normalized spacial score (nSPS) is 19.4. The van der Waals surface area contributed by atoms with E-state index >= 15 is 0 Å². The second-order valence-corrected chi connectivity index (χ2v) is 8.14. The molecule has 0 bridgehead atoms. The molecule has 0 unspecified atom stereocenters. The lowest BCUT2D eigenvalue weighted by atomic mass is 9.97. The van der Waals surface area contributed by atoms with Gasteiger partial charge in [0.2, 0.25) is 15.9 Å². The van der Waals surface area contributed by atoms with Crippen LogP contribution in [0.1, 0.15) is 26.7 Å². The van der Waals surface area contributed by atoms with Crippen molar-refractivity contribution in [1.29, 1.82) is 0 Å². The lowest BCUT2D eigenvalue weighted by molar-refractivity contribution is -0.121. The van der Waals surface area contributed by atoms with E-state index in [0.717, 1.165) is 25.9 Å². The smallest absolute Gasteiger partial charge is 0.243 e. The molecule has 1 heterocycles. The van der Waals surface area contributed by atoms with Crippen LogP contribution in [-0.4, -0.2) is 56.8 Å². The number of nitrogens with one attached hydrogen (secondary N) is 1. The van der Waals surface area contributed by atoms with Gasteiger partial charge in [-0.15, -0.1) is 0 Å². The van der Waals surface area contributed by atoms with Gasteiger partial charge in [-0.3, -0.25) is 4.79 Å². The van der Waals surface area contributed by atoms with Crippen LogP contribution in [0.15, 0.2) is 29.2 Å². The number of benzene rings is 1. The highest BCUT2D eigenvalue weighted by molar-refractivity contribution is 7.89. The second-order valence-electron chi connectivity index (χ2n) is 6.20. The van der Waals surface area contributed by atoms with Crippen molar-refractivity contribution in [3.05, 3.63) is 24.3 Å². The summed E-state index contributed by atoms with van der Waals surface area (Å²) in [5.41, 5.74) is 0.631. The van der Waals surface area contributed by atoms with Crippen molar-refractivity contribution in [2.75, 3.05) is 38.5 Å². The van der Waals surface area contributed by atoms with Gasteiger partial charge in [0, 0.05) is 25.3 Å². The molecule has 2 rings (SSSR count). The highest BCUT2D eigenvalue weighted by Gasteiger charge is 2.24. The van der Waals surface area contributed by atoms with Crippen LogP contribution >= 0.6 is 0 Å². The number of piperidine rings is 1. The number of nitrogens with zero attached hydrogens (tertiary/aromatic N) is 2. The van der Waals surface area contributed by atoms with Crippen LogP contribution in [-0.2, 0) is 14.8 Å². The zero-order valence-electron chi connectivity index (χ0n) is 14.7. The molecule has 0 aliphatic carbocycles. The molecule has 1 aromatic rings. The molecule has 1 atom stereocenters. The van der Waals surface area contributed by atoms with E-state index in [2.05, 4.69) is 10.2 Å². The average Bonchev–Trinajstić information content (AvgIpc) is 2.56. The first-order valence-corrected chi connectivity index (χ1v) is 9.92. The van der Waals surface area contributed by atoms with Crippen molar-refractivity contribution in [3.8, 4) is 0 Å². The van der Waals surface area contributed by atoms with E-state index in [4.69, 9.17) is 0 Å². The monoisotopic (exact) mass is 353 g/mol. The summed E-state index contributed by atoms with van der Waals surface area (Å²) < 4.78 is 26.3. The van der Waals surface area contributed by atoms with Gasteiger partial charge in [-0.05, 0) is 50.7 Å². The van der Waals surface area contributed by atoms with Gasteiger partial charge >= 0.3 is 0 Å². The Balaban J connectivity index is 2.05. The Labute approximate surface area is 144 Å². The van der Waals surface area contributed by atoms with Crippen molar-refractivity contribution in [3.63, 3.8) is 0 Å². The predicted molar refractivity (Wildman–Crippen MR) is 95.4 cm³/mol. The van der Waals surface area contributed by atoms with Crippen LogP contribution in [0, 0.1) is 5.92 Å². The van der Waals surface area contributed by atoms with Crippen LogP contribution in [0.3, 0.4) is 0 Å². The number of carbonyl (C=O) groups excluding carboxylic acids is 1. The largest absolute Gasteiger partial charge is 0.326 e. The molecule has 0 saturated carbocycles. The summed E-state index contributed by atoms with van der Waals surface area (Å²) in [7, 11) is -1.44. The van der Waals surface area contributed by atoms with Gasteiger partial charge in [-0.1, -0.05) is 13.8 Å². The zero-order chi connectivity index (χ0) is 17.7. The molecule has 1 aliphatic rings.